The van der Waals surface area contributed by atoms with Gasteiger partial charge in [0.1, 0.15) is 5.82 Å². The number of rotatable bonds is 6. The van der Waals surface area contributed by atoms with Crippen molar-refractivity contribution in [3.05, 3.63) is 23.9 Å². The van der Waals surface area contributed by atoms with Crippen LogP contribution in [0.3, 0.4) is 0 Å². The van der Waals surface area contributed by atoms with Gasteiger partial charge in [0.2, 0.25) is 0 Å². The topological polar surface area (TPSA) is 95.4 Å². The summed E-state index contributed by atoms with van der Waals surface area (Å²) >= 11 is 0. The minimum Gasteiger partial charge on any atom is -0.383 e. The highest BCUT2D eigenvalue weighted by atomic mass is 16.5. The third kappa shape index (κ3) is 3.27. The number of nitrogen functional groups attached to an aromatic ring is 1. The van der Waals surface area contributed by atoms with E-state index in [0.29, 0.717) is 32.1 Å². The molecule has 0 radical (unpaired) electrons. The monoisotopic (exact) mass is 280 g/mol. The fourth-order valence-electron chi connectivity index (χ4n) is 2.84. The summed E-state index contributed by atoms with van der Waals surface area (Å²) in [5.41, 5.74) is 9.52. The van der Waals surface area contributed by atoms with Gasteiger partial charge in [-0.25, -0.2) is 4.98 Å². The van der Waals surface area contributed by atoms with E-state index in [1.165, 1.54) is 0 Å². The van der Waals surface area contributed by atoms with Crippen LogP contribution >= 0.6 is 0 Å². The summed E-state index contributed by atoms with van der Waals surface area (Å²) in [6, 6.07) is 3.85. The van der Waals surface area contributed by atoms with Gasteiger partial charge >= 0.3 is 0 Å². The standard InChI is InChI=1S/C14H24N4O2/c1-2-20-14(5-8-19-9-6-14)12(18-16)10-11-4-3-7-17-13(11)15/h3-4,7,12,18H,2,5-6,8-10,16H2,1H3,(H2,15,17). The molecule has 2 rings (SSSR count). The Morgan fingerprint density at radius 3 is 2.85 bits per heavy atom. The van der Waals surface area contributed by atoms with E-state index in [2.05, 4.69) is 10.4 Å². The van der Waals surface area contributed by atoms with Crippen LogP contribution in [0.15, 0.2) is 18.3 Å². The summed E-state index contributed by atoms with van der Waals surface area (Å²) in [5.74, 6) is 6.33. The molecule has 1 aliphatic heterocycles. The Morgan fingerprint density at radius 2 is 2.25 bits per heavy atom. The predicted molar refractivity (Wildman–Crippen MR) is 77.9 cm³/mol. The van der Waals surface area contributed by atoms with Gasteiger partial charge in [0.25, 0.3) is 0 Å². The number of aromatic nitrogens is 1. The lowest BCUT2D eigenvalue weighted by Gasteiger charge is -2.43. The van der Waals surface area contributed by atoms with Crippen LogP contribution in [0.25, 0.3) is 0 Å². The fourth-order valence-corrected chi connectivity index (χ4v) is 2.84. The number of nitrogens with two attached hydrogens (primary N) is 2. The van der Waals surface area contributed by atoms with Crippen molar-refractivity contribution < 1.29 is 9.47 Å². The van der Waals surface area contributed by atoms with Crippen LogP contribution in [0.2, 0.25) is 0 Å². The number of nitrogens with zero attached hydrogens (tertiary/aromatic N) is 1. The highest BCUT2D eigenvalue weighted by Gasteiger charge is 2.41. The highest BCUT2D eigenvalue weighted by Crippen LogP contribution is 2.31. The van der Waals surface area contributed by atoms with Gasteiger partial charge in [-0.3, -0.25) is 11.3 Å². The first kappa shape index (κ1) is 15.2. The first-order valence-electron chi connectivity index (χ1n) is 7.09. The van der Waals surface area contributed by atoms with E-state index < -0.39 is 0 Å². The molecule has 6 nitrogen and oxygen atoms in total. The van der Waals surface area contributed by atoms with Crippen LogP contribution in [0.4, 0.5) is 5.82 Å². The molecule has 1 aromatic rings. The molecule has 0 aliphatic carbocycles. The zero-order valence-corrected chi connectivity index (χ0v) is 12.0. The van der Waals surface area contributed by atoms with Crippen LogP contribution in [0, 0.1) is 0 Å². The maximum absolute atomic E-state index is 6.05. The van der Waals surface area contributed by atoms with Crippen LogP contribution < -0.4 is 17.0 Å². The van der Waals surface area contributed by atoms with Gasteiger partial charge < -0.3 is 15.2 Å². The van der Waals surface area contributed by atoms with Gasteiger partial charge in [-0.05, 0) is 25.0 Å². The molecule has 0 saturated carbocycles. The van der Waals surface area contributed by atoms with Gasteiger partial charge in [-0.2, -0.15) is 0 Å². The molecular weight excluding hydrogens is 256 g/mol. The van der Waals surface area contributed by atoms with Crippen molar-refractivity contribution in [2.75, 3.05) is 25.6 Å². The molecule has 6 heteroatoms. The second-order valence-electron chi connectivity index (χ2n) is 5.08. The van der Waals surface area contributed by atoms with Gasteiger partial charge in [0.05, 0.1) is 11.6 Å². The lowest BCUT2D eigenvalue weighted by Crippen LogP contribution is -2.58. The van der Waals surface area contributed by atoms with Crippen LogP contribution in [-0.4, -0.2) is 36.4 Å². The van der Waals surface area contributed by atoms with E-state index in [9.17, 15) is 0 Å². The number of anilines is 1. The lowest BCUT2D eigenvalue weighted by molar-refractivity contribution is -0.126. The molecule has 0 spiro atoms. The normalized spacial score (nSPS) is 19.7. The molecule has 1 atom stereocenters. The van der Waals surface area contributed by atoms with E-state index in [4.69, 9.17) is 21.1 Å². The van der Waals surface area contributed by atoms with Crippen LogP contribution in [0.5, 0.6) is 0 Å². The van der Waals surface area contributed by atoms with Crippen molar-refractivity contribution in [3.8, 4) is 0 Å². The van der Waals surface area contributed by atoms with E-state index >= 15 is 0 Å². The Kier molecular flexibility index (Phi) is 5.31. The van der Waals surface area contributed by atoms with Crippen molar-refractivity contribution in [2.45, 2.75) is 37.8 Å². The van der Waals surface area contributed by atoms with Crippen molar-refractivity contribution in [3.63, 3.8) is 0 Å². The van der Waals surface area contributed by atoms with Crippen LogP contribution in [0.1, 0.15) is 25.3 Å². The summed E-state index contributed by atoms with van der Waals surface area (Å²) < 4.78 is 11.5. The number of pyridine rings is 1. The largest absolute Gasteiger partial charge is 0.383 e. The Hall–Kier alpha value is -1.21. The van der Waals surface area contributed by atoms with E-state index in [0.717, 1.165) is 18.4 Å². The third-order valence-corrected chi connectivity index (χ3v) is 3.96. The SMILES string of the molecule is CCOC1(C(Cc2cccnc2N)NN)CCOCC1. The number of nitrogens with one attached hydrogen (secondary N) is 1. The number of hydrazine groups is 1. The fraction of sp³-hybridized carbons (Fsp3) is 0.643. The minimum absolute atomic E-state index is 0.0159. The summed E-state index contributed by atoms with van der Waals surface area (Å²) in [6.07, 6.45) is 4.04. The first-order chi connectivity index (χ1) is 9.72. The quantitative estimate of drug-likeness (QED) is 0.522. The van der Waals surface area contributed by atoms with Crippen molar-refractivity contribution >= 4 is 5.82 Å². The number of ether oxygens (including phenoxy) is 2. The molecule has 2 heterocycles. The van der Waals surface area contributed by atoms with E-state index in [1.807, 2.05) is 19.1 Å². The van der Waals surface area contributed by atoms with Gasteiger partial charge in [0.15, 0.2) is 0 Å². The zero-order chi connectivity index (χ0) is 14.4. The van der Waals surface area contributed by atoms with Gasteiger partial charge in [-0.15, -0.1) is 0 Å². The molecule has 20 heavy (non-hydrogen) atoms. The molecule has 1 unspecified atom stereocenters. The van der Waals surface area contributed by atoms with Crippen LogP contribution in [-0.2, 0) is 15.9 Å². The molecule has 1 saturated heterocycles. The van der Waals surface area contributed by atoms with Crippen molar-refractivity contribution in [1.29, 1.82) is 0 Å². The average molecular weight is 280 g/mol. The summed E-state index contributed by atoms with van der Waals surface area (Å²) in [6.45, 7) is 4.05. The Bertz CT molecular complexity index is 416. The Labute approximate surface area is 119 Å². The van der Waals surface area contributed by atoms with Crippen molar-refractivity contribution in [2.24, 2.45) is 5.84 Å². The maximum Gasteiger partial charge on any atom is 0.126 e. The second kappa shape index (κ2) is 6.99. The second-order valence-corrected chi connectivity index (χ2v) is 5.08. The smallest absolute Gasteiger partial charge is 0.126 e. The molecule has 0 amide bonds. The Balaban J connectivity index is 2.18. The Morgan fingerprint density at radius 1 is 1.50 bits per heavy atom. The molecule has 1 aromatic heterocycles. The first-order valence-corrected chi connectivity index (χ1v) is 7.09. The lowest BCUT2D eigenvalue weighted by atomic mass is 9.83. The third-order valence-electron chi connectivity index (χ3n) is 3.96. The van der Waals surface area contributed by atoms with Gasteiger partial charge in [0, 0.05) is 38.9 Å². The van der Waals surface area contributed by atoms with E-state index in [-0.39, 0.29) is 11.6 Å². The summed E-state index contributed by atoms with van der Waals surface area (Å²) in [5, 5.41) is 0. The number of hydrogen-bond acceptors (Lipinski definition) is 6. The molecule has 0 bridgehead atoms. The number of hydrogen-bond donors (Lipinski definition) is 3. The molecule has 1 fully saturated rings. The molecular formula is C14H24N4O2. The average Bonchev–Trinajstić information content (AvgIpc) is 2.47. The van der Waals surface area contributed by atoms with E-state index in [1.54, 1.807) is 6.20 Å². The van der Waals surface area contributed by atoms with Crippen molar-refractivity contribution in [1.82, 2.24) is 10.4 Å². The summed E-state index contributed by atoms with van der Waals surface area (Å²) in [4.78, 5) is 4.12. The molecule has 1 aliphatic rings. The molecule has 0 aromatic carbocycles. The predicted octanol–water partition coefficient (Wildman–Crippen LogP) is 0.624. The summed E-state index contributed by atoms with van der Waals surface area (Å²) in [7, 11) is 0. The minimum atomic E-state index is -0.302. The van der Waals surface area contributed by atoms with Gasteiger partial charge in [-0.1, -0.05) is 6.07 Å². The molecule has 112 valence electrons. The maximum atomic E-state index is 6.05. The molecule has 5 N–H and O–H groups in total. The zero-order valence-electron chi connectivity index (χ0n) is 12.0. The highest BCUT2D eigenvalue weighted by molar-refractivity contribution is 5.39.